The molecule has 1 saturated heterocycles. The largest absolute Gasteiger partial charge is 0.376 e. The Morgan fingerprint density at radius 3 is 3.17 bits per heavy atom. The van der Waals surface area contributed by atoms with Crippen molar-refractivity contribution in [1.82, 2.24) is 10.3 Å². The maximum Gasteiger partial charge on any atom is 0.172 e. The summed E-state index contributed by atoms with van der Waals surface area (Å²) in [5.41, 5.74) is 1.10. The summed E-state index contributed by atoms with van der Waals surface area (Å²) >= 11 is 8.68. The van der Waals surface area contributed by atoms with Crippen LogP contribution in [0.15, 0.2) is 16.7 Å². The summed E-state index contributed by atoms with van der Waals surface area (Å²) in [7, 11) is 0. The van der Waals surface area contributed by atoms with Gasteiger partial charge in [0, 0.05) is 19.3 Å². The number of aryl methyl sites for hydroxylation is 1. The van der Waals surface area contributed by atoms with Crippen LogP contribution in [0.1, 0.15) is 18.4 Å². The summed E-state index contributed by atoms with van der Waals surface area (Å²) in [4.78, 5) is 4.28. The van der Waals surface area contributed by atoms with E-state index in [0.717, 1.165) is 41.8 Å². The fourth-order valence-electron chi connectivity index (χ4n) is 1.79. The molecule has 98 valence electrons. The summed E-state index contributed by atoms with van der Waals surface area (Å²) in [6.07, 6.45) is 4.31. The Kier molecular flexibility index (Phi) is 4.91. The average molecular weight is 330 g/mol. The molecule has 0 unspecified atom stereocenters. The van der Waals surface area contributed by atoms with Crippen molar-refractivity contribution in [2.24, 2.45) is 0 Å². The molecule has 6 heteroatoms. The second-order valence-electron chi connectivity index (χ2n) is 4.31. The minimum atomic E-state index is 0.277. The van der Waals surface area contributed by atoms with E-state index in [-0.39, 0.29) is 6.10 Å². The zero-order valence-corrected chi connectivity index (χ0v) is 12.6. The first-order chi connectivity index (χ1) is 8.65. The highest BCUT2D eigenvalue weighted by atomic mass is 79.9. The first-order valence-corrected chi connectivity index (χ1v) is 7.14. The third-order valence-corrected chi connectivity index (χ3v) is 3.58. The van der Waals surface area contributed by atoms with Gasteiger partial charge in [-0.3, -0.25) is 0 Å². The smallest absolute Gasteiger partial charge is 0.172 e. The van der Waals surface area contributed by atoms with Crippen LogP contribution >= 0.6 is 28.1 Å². The summed E-state index contributed by atoms with van der Waals surface area (Å²) in [6.45, 7) is 3.60. The number of ether oxygens (including phenoxy) is 1. The topological polar surface area (TPSA) is 46.2 Å². The molecular weight excluding hydrogens is 314 g/mol. The first-order valence-electron chi connectivity index (χ1n) is 5.94. The average Bonchev–Trinajstić information content (AvgIpc) is 2.83. The Bertz CT molecular complexity index is 435. The zero-order chi connectivity index (χ0) is 13.0. The lowest BCUT2D eigenvalue weighted by Gasteiger charge is -2.14. The van der Waals surface area contributed by atoms with E-state index in [1.165, 1.54) is 0 Å². The number of hydrogen-bond donors (Lipinski definition) is 2. The molecular formula is C12H16BrN3OS. The van der Waals surface area contributed by atoms with Crippen molar-refractivity contribution in [3.63, 3.8) is 0 Å². The summed E-state index contributed by atoms with van der Waals surface area (Å²) in [5, 5.41) is 6.79. The maximum atomic E-state index is 5.52. The van der Waals surface area contributed by atoms with Gasteiger partial charge < -0.3 is 15.4 Å². The minimum absolute atomic E-state index is 0.277. The van der Waals surface area contributed by atoms with Crippen LogP contribution in [0.2, 0.25) is 0 Å². The van der Waals surface area contributed by atoms with E-state index in [0.29, 0.717) is 5.11 Å². The standard InChI is InChI=1S/C12H16BrN3OS/c1-8-5-10(13)11(14-6-8)16-12(18)15-7-9-3-2-4-17-9/h5-6,9H,2-4,7H2,1H3,(H2,14,15,16,18)/t9-/m0/s1. The molecule has 1 aliphatic heterocycles. The van der Waals surface area contributed by atoms with E-state index in [9.17, 15) is 0 Å². The van der Waals surface area contributed by atoms with Crippen LogP contribution in [0.25, 0.3) is 0 Å². The molecule has 0 spiro atoms. The van der Waals surface area contributed by atoms with Gasteiger partial charge in [-0.2, -0.15) is 0 Å². The zero-order valence-electron chi connectivity index (χ0n) is 10.2. The van der Waals surface area contributed by atoms with Crippen molar-refractivity contribution >= 4 is 39.1 Å². The molecule has 0 aliphatic carbocycles. The van der Waals surface area contributed by atoms with Crippen LogP contribution in [0.4, 0.5) is 5.82 Å². The van der Waals surface area contributed by atoms with Gasteiger partial charge in [0.1, 0.15) is 5.82 Å². The normalized spacial score (nSPS) is 18.7. The van der Waals surface area contributed by atoms with Gasteiger partial charge in [0.15, 0.2) is 5.11 Å². The highest BCUT2D eigenvalue weighted by Gasteiger charge is 2.15. The molecule has 0 radical (unpaired) electrons. The molecule has 0 saturated carbocycles. The molecule has 4 nitrogen and oxygen atoms in total. The van der Waals surface area contributed by atoms with Gasteiger partial charge in [0.05, 0.1) is 10.6 Å². The predicted octanol–water partition coefficient (Wildman–Crippen LogP) is 2.62. The molecule has 0 amide bonds. The SMILES string of the molecule is Cc1cnc(NC(=S)NC[C@@H]2CCCO2)c(Br)c1. The molecule has 1 aliphatic rings. The highest BCUT2D eigenvalue weighted by molar-refractivity contribution is 9.10. The summed E-state index contributed by atoms with van der Waals surface area (Å²) in [6, 6.07) is 2.00. The van der Waals surface area contributed by atoms with Crippen LogP contribution in [0, 0.1) is 6.92 Å². The Hall–Kier alpha value is -0.720. The highest BCUT2D eigenvalue weighted by Crippen LogP contribution is 2.20. The minimum Gasteiger partial charge on any atom is -0.376 e. The fraction of sp³-hybridized carbons (Fsp3) is 0.500. The number of thiocarbonyl (C=S) groups is 1. The maximum absolute atomic E-state index is 5.52. The van der Waals surface area contributed by atoms with Crippen LogP contribution in [0.5, 0.6) is 0 Å². The van der Waals surface area contributed by atoms with Crippen molar-refractivity contribution in [1.29, 1.82) is 0 Å². The second kappa shape index (κ2) is 6.45. The van der Waals surface area contributed by atoms with Crippen molar-refractivity contribution in [3.05, 3.63) is 22.3 Å². The van der Waals surface area contributed by atoms with Crippen molar-refractivity contribution < 1.29 is 4.74 Å². The van der Waals surface area contributed by atoms with Gasteiger partial charge in [-0.25, -0.2) is 4.98 Å². The first kappa shape index (κ1) is 13.7. The molecule has 18 heavy (non-hydrogen) atoms. The number of aromatic nitrogens is 1. The Labute approximate surface area is 121 Å². The number of halogens is 1. The van der Waals surface area contributed by atoms with E-state index in [4.69, 9.17) is 17.0 Å². The van der Waals surface area contributed by atoms with Crippen LogP contribution < -0.4 is 10.6 Å². The molecule has 2 N–H and O–H groups in total. The molecule has 1 aromatic heterocycles. The molecule has 0 aromatic carbocycles. The number of nitrogens with zero attached hydrogens (tertiary/aromatic N) is 1. The number of nitrogens with one attached hydrogen (secondary N) is 2. The molecule has 2 rings (SSSR count). The van der Waals surface area contributed by atoms with Gasteiger partial charge in [-0.15, -0.1) is 0 Å². The predicted molar refractivity (Wildman–Crippen MR) is 79.9 cm³/mol. The third-order valence-electron chi connectivity index (χ3n) is 2.72. The summed E-state index contributed by atoms with van der Waals surface area (Å²) in [5.74, 6) is 0.727. The van der Waals surface area contributed by atoms with E-state index < -0.39 is 0 Å². The molecule has 1 atom stereocenters. The lowest BCUT2D eigenvalue weighted by molar-refractivity contribution is 0.114. The van der Waals surface area contributed by atoms with Crippen LogP contribution in [-0.2, 0) is 4.74 Å². The number of rotatable bonds is 3. The van der Waals surface area contributed by atoms with Gasteiger partial charge in [0.2, 0.25) is 0 Å². The second-order valence-corrected chi connectivity index (χ2v) is 5.58. The van der Waals surface area contributed by atoms with E-state index >= 15 is 0 Å². The molecule has 0 bridgehead atoms. The van der Waals surface area contributed by atoms with Crippen LogP contribution in [0.3, 0.4) is 0 Å². The quantitative estimate of drug-likeness (QED) is 0.835. The van der Waals surface area contributed by atoms with Crippen molar-refractivity contribution in [2.45, 2.75) is 25.9 Å². The Morgan fingerprint density at radius 2 is 2.50 bits per heavy atom. The van der Waals surface area contributed by atoms with E-state index in [2.05, 4.69) is 31.5 Å². The number of pyridine rings is 1. The monoisotopic (exact) mass is 329 g/mol. The molecule has 1 fully saturated rings. The lowest BCUT2D eigenvalue weighted by atomic mass is 10.2. The third kappa shape index (κ3) is 3.90. The van der Waals surface area contributed by atoms with E-state index in [1.807, 2.05) is 13.0 Å². The Balaban J connectivity index is 1.82. The number of anilines is 1. The van der Waals surface area contributed by atoms with Crippen molar-refractivity contribution in [2.75, 3.05) is 18.5 Å². The van der Waals surface area contributed by atoms with Gasteiger partial charge in [0.25, 0.3) is 0 Å². The summed E-state index contributed by atoms with van der Waals surface area (Å²) < 4.78 is 6.42. The van der Waals surface area contributed by atoms with Gasteiger partial charge in [-0.1, -0.05) is 0 Å². The van der Waals surface area contributed by atoms with E-state index in [1.54, 1.807) is 6.20 Å². The Morgan fingerprint density at radius 1 is 1.67 bits per heavy atom. The molecule has 1 aromatic rings. The van der Waals surface area contributed by atoms with Gasteiger partial charge >= 0.3 is 0 Å². The molecule has 2 heterocycles. The van der Waals surface area contributed by atoms with Crippen LogP contribution in [-0.4, -0.2) is 29.4 Å². The van der Waals surface area contributed by atoms with Crippen molar-refractivity contribution in [3.8, 4) is 0 Å². The van der Waals surface area contributed by atoms with Gasteiger partial charge in [-0.05, 0) is 59.5 Å². The lowest BCUT2D eigenvalue weighted by Crippen LogP contribution is -2.35. The fourth-order valence-corrected chi connectivity index (χ4v) is 2.53. The number of hydrogen-bond acceptors (Lipinski definition) is 3.